The van der Waals surface area contributed by atoms with Gasteiger partial charge in [-0.1, -0.05) is 0 Å². The molecule has 0 spiro atoms. The molecule has 0 saturated carbocycles. The van der Waals surface area contributed by atoms with Gasteiger partial charge in [-0.2, -0.15) is 0 Å². The van der Waals surface area contributed by atoms with Gasteiger partial charge in [-0.15, -0.1) is 0 Å². The lowest BCUT2D eigenvalue weighted by Gasteiger charge is -2.17. The minimum Gasteiger partial charge on any atom is -0.450 e. The molecule has 90 valence electrons. The Balaban J connectivity index is 0.000000262. The summed E-state index contributed by atoms with van der Waals surface area (Å²) in [5, 5.41) is 11.3. The Morgan fingerprint density at radius 1 is 1.40 bits per heavy atom. The molecule has 4 N–H and O–H groups in total. The van der Waals surface area contributed by atoms with Crippen LogP contribution < -0.4 is 11.1 Å². The van der Waals surface area contributed by atoms with E-state index in [-0.39, 0.29) is 0 Å². The number of rotatable bonds is 0. The molecule has 0 aromatic carbocycles. The van der Waals surface area contributed by atoms with Crippen molar-refractivity contribution in [3.8, 4) is 0 Å². The molecule has 0 amide bonds. The number of nitrogens with two attached hydrogens (primary N) is 1. The Kier molecular flexibility index (Phi) is 6.27. The lowest BCUT2D eigenvalue weighted by Crippen LogP contribution is -2.35. The third kappa shape index (κ3) is 11.1. The molecule has 1 heterocycles. The Bertz CT molecular complexity index is 184. The first-order chi connectivity index (χ1) is 6.81. The highest BCUT2D eigenvalue weighted by Crippen LogP contribution is 2.05. The molecule has 0 aliphatic carbocycles. The van der Waals surface area contributed by atoms with Crippen LogP contribution in [0.15, 0.2) is 0 Å². The smallest absolute Gasteiger partial charge is 0.450 e. The van der Waals surface area contributed by atoms with Crippen LogP contribution in [0, 0.1) is 0 Å². The van der Waals surface area contributed by atoms with E-state index >= 15 is 0 Å². The largest absolute Gasteiger partial charge is 0.506 e. The second kappa shape index (κ2) is 6.63. The topological polar surface area (TPSA) is 84.6 Å². The van der Waals surface area contributed by atoms with Crippen LogP contribution in [0.5, 0.6) is 0 Å². The van der Waals surface area contributed by atoms with E-state index in [4.69, 9.17) is 10.8 Å². The molecule has 0 aromatic rings. The van der Waals surface area contributed by atoms with E-state index in [2.05, 4.69) is 10.1 Å². The molecule has 0 unspecified atom stereocenters. The predicted molar refractivity (Wildman–Crippen MR) is 58.9 cm³/mol. The summed E-state index contributed by atoms with van der Waals surface area (Å²) in [5.74, 6) is 0. The van der Waals surface area contributed by atoms with Gasteiger partial charge in [0, 0.05) is 6.04 Å². The van der Waals surface area contributed by atoms with Gasteiger partial charge in [-0.05, 0) is 46.7 Å². The number of carbonyl (C=O) groups is 1. The van der Waals surface area contributed by atoms with Gasteiger partial charge in [0.2, 0.25) is 0 Å². The fourth-order valence-electron chi connectivity index (χ4n) is 1.11. The van der Waals surface area contributed by atoms with Crippen molar-refractivity contribution in [1.82, 2.24) is 5.32 Å². The average Bonchev–Trinajstić information content (AvgIpc) is 2.01. The van der Waals surface area contributed by atoms with Crippen LogP contribution in [0.1, 0.15) is 33.6 Å². The van der Waals surface area contributed by atoms with Crippen LogP contribution in [0.4, 0.5) is 4.79 Å². The summed E-state index contributed by atoms with van der Waals surface area (Å²) in [5.41, 5.74) is 5.02. The van der Waals surface area contributed by atoms with Crippen molar-refractivity contribution >= 4 is 6.16 Å². The fraction of sp³-hybridized carbons (Fsp3) is 0.900. The van der Waals surface area contributed by atoms with Crippen LogP contribution in [0.2, 0.25) is 0 Å². The Morgan fingerprint density at radius 2 is 1.87 bits per heavy atom. The van der Waals surface area contributed by atoms with Gasteiger partial charge in [-0.25, -0.2) is 4.79 Å². The molecule has 15 heavy (non-hydrogen) atoms. The number of hydrogen-bond acceptors (Lipinski definition) is 4. The van der Waals surface area contributed by atoms with E-state index < -0.39 is 11.8 Å². The zero-order chi connectivity index (χ0) is 11.9. The summed E-state index contributed by atoms with van der Waals surface area (Å²) in [6.45, 7) is 7.27. The van der Waals surface area contributed by atoms with Crippen LogP contribution in [-0.2, 0) is 4.74 Å². The highest BCUT2D eigenvalue weighted by Gasteiger charge is 2.13. The lowest BCUT2D eigenvalue weighted by molar-refractivity contribution is 0.0150. The quantitative estimate of drug-likeness (QED) is 0.532. The highest BCUT2D eigenvalue weighted by molar-refractivity contribution is 5.57. The maximum atomic E-state index is 9.79. The molecular formula is C10H22N2O3. The average molecular weight is 218 g/mol. The summed E-state index contributed by atoms with van der Waals surface area (Å²) in [6.07, 6.45) is 1.08. The maximum Gasteiger partial charge on any atom is 0.506 e. The lowest BCUT2D eigenvalue weighted by atomic mass is 10.1. The fourth-order valence-corrected chi connectivity index (χ4v) is 1.11. The molecule has 1 aliphatic heterocycles. The molecule has 5 nitrogen and oxygen atoms in total. The number of ether oxygens (including phenoxy) is 1. The van der Waals surface area contributed by atoms with Crippen LogP contribution in [0.25, 0.3) is 0 Å². The minimum absolute atomic E-state index is 0.473. The molecule has 0 bridgehead atoms. The van der Waals surface area contributed by atoms with E-state index in [9.17, 15) is 4.79 Å². The number of nitrogens with one attached hydrogen (secondary N) is 1. The van der Waals surface area contributed by atoms with Crippen molar-refractivity contribution in [2.75, 3.05) is 13.1 Å². The molecule has 0 atom stereocenters. The van der Waals surface area contributed by atoms with E-state index in [1.165, 1.54) is 0 Å². The summed E-state index contributed by atoms with van der Waals surface area (Å²) in [4.78, 5) is 9.79. The van der Waals surface area contributed by atoms with Crippen molar-refractivity contribution in [3.05, 3.63) is 0 Å². The van der Waals surface area contributed by atoms with Gasteiger partial charge in [0.25, 0.3) is 0 Å². The molecule has 0 radical (unpaired) electrons. The van der Waals surface area contributed by atoms with Gasteiger partial charge in [0.05, 0.1) is 0 Å². The van der Waals surface area contributed by atoms with Gasteiger partial charge in [0.15, 0.2) is 0 Å². The normalized spacial score (nSPS) is 17.6. The van der Waals surface area contributed by atoms with Crippen molar-refractivity contribution in [1.29, 1.82) is 0 Å². The number of carboxylic acid groups (broad SMARTS) is 1. The summed E-state index contributed by atoms with van der Waals surface area (Å²) in [6, 6.07) is 0.473. The summed E-state index contributed by atoms with van der Waals surface area (Å²) < 4.78 is 4.35. The zero-order valence-corrected chi connectivity index (χ0v) is 9.75. The molecule has 1 fully saturated rings. The van der Waals surface area contributed by atoms with Gasteiger partial charge < -0.3 is 20.9 Å². The van der Waals surface area contributed by atoms with E-state index in [0.29, 0.717) is 6.04 Å². The molecular weight excluding hydrogens is 196 g/mol. The molecule has 1 rings (SSSR count). The van der Waals surface area contributed by atoms with Crippen molar-refractivity contribution < 1.29 is 14.6 Å². The standard InChI is InChI=1S/C5H12N2.C5H10O3/c6-5-1-3-7-4-2-5;1-5(2,3)8-4(6)7/h5,7H,1-4,6H2;1-3H3,(H,6,7). The van der Waals surface area contributed by atoms with E-state index in [0.717, 1.165) is 25.9 Å². The van der Waals surface area contributed by atoms with Crippen LogP contribution in [0.3, 0.4) is 0 Å². The number of piperidine rings is 1. The predicted octanol–water partition coefficient (Wildman–Crippen LogP) is 1.18. The Hall–Kier alpha value is -0.810. The molecule has 0 aromatic heterocycles. The second-order valence-corrected chi connectivity index (χ2v) is 4.57. The molecule has 1 saturated heterocycles. The molecule has 1 aliphatic rings. The SMILES string of the molecule is CC(C)(C)OC(=O)O.NC1CCNCC1. The zero-order valence-electron chi connectivity index (χ0n) is 9.75. The third-order valence-corrected chi connectivity index (χ3v) is 1.78. The van der Waals surface area contributed by atoms with Crippen LogP contribution >= 0.6 is 0 Å². The summed E-state index contributed by atoms with van der Waals surface area (Å²) in [7, 11) is 0. The maximum absolute atomic E-state index is 9.79. The first kappa shape index (κ1) is 14.2. The van der Waals surface area contributed by atoms with Crippen molar-refractivity contribution in [2.45, 2.75) is 45.3 Å². The van der Waals surface area contributed by atoms with Gasteiger partial charge in [-0.3, -0.25) is 0 Å². The first-order valence-corrected chi connectivity index (χ1v) is 5.19. The van der Waals surface area contributed by atoms with Crippen molar-refractivity contribution in [3.63, 3.8) is 0 Å². The first-order valence-electron chi connectivity index (χ1n) is 5.19. The Labute approximate surface area is 91.0 Å². The van der Waals surface area contributed by atoms with Crippen LogP contribution in [-0.4, -0.2) is 36.0 Å². The second-order valence-electron chi connectivity index (χ2n) is 4.57. The monoisotopic (exact) mass is 218 g/mol. The van der Waals surface area contributed by atoms with E-state index in [1.807, 2.05) is 0 Å². The van der Waals surface area contributed by atoms with Crippen molar-refractivity contribution in [2.24, 2.45) is 5.73 Å². The van der Waals surface area contributed by atoms with E-state index in [1.54, 1.807) is 20.8 Å². The number of hydrogen-bond donors (Lipinski definition) is 3. The molecule has 5 heteroatoms. The Morgan fingerprint density at radius 3 is 2.00 bits per heavy atom. The van der Waals surface area contributed by atoms with Gasteiger partial charge in [0.1, 0.15) is 5.60 Å². The highest BCUT2D eigenvalue weighted by atomic mass is 16.7. The summed E-state index contributed by atoms with van der Waals surface area (Å²) >= 11 is 0. The third-order valence-electron chi connectivity index (χ3n) is 1.78. The van der Waals surface area contributed by atoms with Gasteiger partial charge >= 0.3 is 6.16 Å². The minimum atomic E-state index is -1.22.